The SMILES string of the molecule is COCCCNC(=O)c1ccc(S(=O)(=O)Nc2cccc(F)c2)cc1. The minimum absolute atomic E-state index is 0.0207. The van der Waals surface area contributed by atoms with Crippen LogP contribution in [0.15, 0.2) is 53.4 Å². The highest BCUT2D eigenvalue weighted by Crippen LogP contribution is 2.17. The monoisotopic (exact) mass is 366 g/mol. The Labute approximate surface area is 146 Å². The molecular weight excluding hydrogens is 347 g/mol. The molecule has 0 atom stereocenters. The molecular formula is C17H19FN2O4S. The largest absolute Gasteiger partial charge is 0.385 e. The number of sulfonamides is 1. The van der Waals surface area contributed by atoms with Crippen LogP contribution in [0.1, 0.15) is 16.8 Å². The first-order valence-corrected chi connectivity index (χ1v) is 9.06. The van der Waals surface area contributed by atoms with Gasteiger partial charge in [0.1, 0.15) is 5.82 Å². The lowest BCUT2D eigenvalue weighted by Crippen LogP contribution is -2.25. The Morgan fingerprint density at radius 3 is 2.52 bits per heavy atom. The summed E-state index contributed by atoms with van der Waals surface area (Å²) >= 11 is 0. The van der Waals surface area contributed by atoms with Gasteiger partial charge in [-0.15, -0.1) is 0 Å². The lowest BCUT2D eigenvalue weighted by atomic mass is 10.2. The molecule has 0 radical (unpaired) electrons. The fourth-order valence-electron chi connectivity index (χ4n) is 2.07. The zero-order chi connectivity index (χ0) is 18.3. The second-order valence-electron chi connectivity index (χ2n) is 5.24. The Bertz CT molecular complexity index is 823. The maximum Gasteiger partial charge on any atom is 0.261 e. The third kappa shape index (κ3) is 5.54. The molecule has 6 nitrogen and oxygen atoms in total. The zero-order valence-electron chi connectivity index (χ0n) is 13.7. The van der Waals surface area contributed by atoms with Gasteiger partial charge < -0.3 is 10.1 Å². The van der Waals surface area contributed by atoms with Gasteiger partial charge in [0, 0.05) is 25.8 Å². The molecule has 2 aromatic rings. The van der Waals surface area contributed by atoms with Crippen LogP contribution in [-0.2, 0) is 14.8 Å². The van der Waals surface area contributed by atoms with Gasteiger partial charge in [-0.25, -0.2) is 12.8 Å². The average Bonchev–Trinajstić information content (AvgIpc) is 2.58. The van der Waals surface area contributed by atoms with Crippen molar-refractivity contribution in [2.45, 2.75) is 11.3 Å². The summed E-state index contributed by atoms with van der Waals surface area (Å²) in [5.41, 5.74) is 0.474. The molecule has 134 valence electrons. The first kappa shape index (κ1) is 18.9. The molecule has 0 bridgehead atoms. The molecule has 8 heteroatoms. The highest BCUT2D eigenvalue weighted by atomic mass is 32.2. The van der Waals surface area contributed by atoms with Gasteiger partial charge in [-0.2, -0.15) is 0 Å². The third-order valence-electron chi connectivity index (χ3n) is 3.31. The average molecular weight is 366 g/mol. The summed E-state index contributed by atoms with van der Waals surface area (Å²) in [5.74, 6) is -0.834. The molecule has 0 aliphatic carbocycles. The summed E-state index contributed by atoms with van der Waals surface area (Å²) < 4.78 is 44.9. The van der Waals surface area contributed by atoms with E-state index in [1.807, 2.05) is 0 Å². The van der Waals surface area contributed by atoms with Crippen LogP contribution in [0, 0.1) is 5.82 Å². The molecule has 0 heterocycles. The van der Waals surface area contributed by atoms with Gasteiger partial charge in [-0.3, -0.25) is 9.52 Å². The van der Waals surface area contributed by atoms with Gasteiger partial charge in [0.25, 0.3) is 15.9 Å². The van der Waals surface area contributed by atoms with E-state index < -0.39 is 15.8 Å². The quantitative estimate of drug-likeness (QED) is 0.703. The fraction of sp³-hybridized carbons (Fsp3) is 0.235. The fourth-order valence-corrected chi connectivity index (χ4v) is 3.12. The third-order valence-corrected chi connectivity index (χ3v) is 4.71. The molecule has 0 aliphatic rings. The number of ether oxygens (including phenoxy) is 1. The number of anilines is 1. The van der Waals surface area contributed by atoms with Gasteiger partial charge in [0.15, 0.2) is 0 Å². The van der Waals surface area contributed by atoms with Gasteiger partial charge in [0.05, 0.1) is 10.6 Å². The molecule has 25 heavy (non-hydrogen) atoms. The molecule has 0 fully saturated rings. The van der Waals surface area contributed by atoms with Crippen molar-refractivity contribution in [3.63, 3.8) is 0 Å². The lowest BCUT2D eigenvalue weighted by molar-refractivity contribution is 0.0948. The van der Waals surface area contributed by atoms with Crippen LogP contribution >= 0.6 is 0 Å². The van der Waals surface area contributed by atoms with Crippen molar-refractivity contribution in [2.24, 2.45) is 0 Å². The van der Waals surface area contributed by atoms with E-state index in [-0.39, 0.29) is 16.5 Å². The highest BCUT2D eigenvalue weighted by molar-refractivity contribution is 7.92. The first-order chi connectivity index (χ1) is 11.9. The van der Waals surface area contributed by atoms with Crippen LogP contribution in [0.4, 0.5) is 10.1 Å². The van der Waals surface area contributed by atoms with Crippen LogP contribution in [-0.4, -0.2) is 34.6 Å². The minimum Gasteiger partial charge on any atom is -0.385 e. The predicted octanol–water partition coefficient (Wildman–Crippen LogP) is 2.39. The minimum atomic E-state index is -3.86. The molecule has 0 spiro atoms. The first-order valence-electron chi connectivity index (χ1n) is 7.58. The van der Waals surface area contributed by atoms with Gasteiger partial charge >= 0.3 is 0 Å². The predicted molar refractivity (Wildman–Crippen MR) is 92.5 cm³/mol. The molecule has 2 N–H and O–H groups in total. The van der Waals surface area contributed by atoms with Crippen molar-refractivity contribution in [3.05, 3.63) is 59.9 Å². The van der Waals surface area contributed by atoms with E-state index in [1.165, 1.54) is 42.5 Å². The lowest BCUT2D eigenvalue weighted by Gasteiger charge is -2.09. The van der Waals surface area contributed by atoms with Crippen LogP contribution in [0.2, 0.25) is 0 Å². The Hall–Kier alpha value is -2.45. The number of benzene rings is 2. The number of amides is 1. The molecule has 2 rings (SSSR count). The van der Waals surface area contributed by atoms with Crippen molar-refractivity contribution < 1.29 is 22.3 Å². The van der Waals surface area contributed by atoms with Gasteiger partial charge in [-0.05, 0) is 48.9 Å². The molecule has 0 saturated carbocycles. The number of hydrogen-bond donors (Lipinski definition) is 2. The molecule has 0 aromatic heterocycles. The van der Waals surface area contributed by atoms with Crippen molar-refractivity contribution in [3.8, 4) is 0 Å². The van der Waals surface area contributed by atoms with E-state index in [9.17, 15) is 17.6 Å². The topological polar surface area (TPSA) is 84.5 Å². The Kier molecular flexibility index (Phi) is 6.49. The maximum atomic E-state index is 13.1. The molecule has 1 amide bonds. The van der Waals surface area contributed by atoms with E-state index >= 15 is 0 Å². The molecule has 0 unspecified atom stereocenters. The number of carbonyl (C=O) groups is 1. The van der Waals surface area contributed by atoms with Crippen molar-refractivity contribution >= 4 is 21.6 Å². The van der Waals surface area contributed by atoms with E-state index in [2.05, 4.69) is 10.0 Å². The van der Waals surface area contributed by atoms with Gasteiger partial charge in [0.2, 0.25) is 0 Å². The van der Waals surface area contributed by atoms with E-state index in [0.717, 1.165) is 6.07 Å². The molecule has 0 saturated heterocycles. The highest BCUT2D eigenvalue weighted by Gasteiger charge is 2.15. The summed E-state index contributed by atoms with van der Waals surface area (Å²) in [6.07, 6.45) is 0.687. The summed E-state index contributed by atoms with van der Waals surface area (Å²) in [6.45, 7) is 1.01. The van der Waals surface area contributed by atoms with Crippen LogP contribution in [0.25, 0.3) is 0 Å². The number of hydrogen-bond acceptors (Lipinski definition) is 4. The van der Waals surface area contributed by atoms with Crippen LogP contribution in [0.5, 0.6) is 0 Å². The Morgan fingerprint density at radius 2 is 1.88 bits per heavy atom. The Morgan fingerprint density at radius 1 is 1.16 bits per heavy atom. The summed E-state index contributed by atoms with van der Waals surface area (Å²) in [5, 5.41) is 2.71. The zero-order valence-corrected chi connectivity index (χ0v) is 14.5. The summed E-state index contributed by atoms with van der Waals surface area (Å²) in [4.78, 5) is 11.9. The maximum absolute atomic E-state index is 13.1. The van der Waals surface area contributed by atoms with Crippen molar-refractivity contribution in [1.29, 1.82) is 0 Å². The van der Waals surface area contributed by atoms with Crippen molar-refractivity contribution in [2.75, 3.05) is 25.0 Å². The van der Waals surface area contributed by atoms with Crippen molar-refractivity contribution in [1.82, 2.24) is 5.32 Å². The second-order valence-corrected chi connectivity index (χ2v) is 6.92. The normalized spacial score (nSPS) is 11.1. The number of halogens is 1. The standard InChI is InChI=1S/C17H19FN2O4S/c1-24-11-3-10-19-17(21)13-6-8-16(9-7-13)25(22,23)20-15-5-2-4-14(18)12-15/h2,4-9,12,20H,3,10-11H2,1H3,(H,19,21). The van der Waals surface area contributed by atoms with Crippen LogP contribution < -0.4 is 10.0 Å². The number of carbonyl (C=O) groups excluding carboxylic acids is 1. The summed E-state index contributed by atoms with van der Waals surface area (Å²) in [6, 6.07) is 10.7. The Balaban J connectivity index is 2.04. The van der Waals surface area contributed by atoms with Crippen LogP contribution in [0.3, 0.4) is 0 Å². The molecule has 2 aromatic carbocycles. The number of rotatable bonds is 8. The summed E-state index contributed by atoms with van der Waals surface area (Å²) in [7, 11) is -2.28. The smallest absolute Gasteiger partial charge is 0.261 e. The molecule has 0 aliphatic heterocycles. The number of methoxy groups -OCH3 is 1. The second kappa shape index (κ2) is 8.59. The number of nitrogens with one attached hydrogen (secondary N) is 2. The van der Waals surface area contributed by atoms with Gasteiger partial charge in [-0.1, -0.05) is 6.07 Å². The van der Waals surface area contributed by atoms with E-state index in [1.54, 1.807) is 7.11 Å². The van der Waals surface area contributed by atoms with E-state index in [4.69, 9.17) is 4.74 Å². The van der Waals surface area contributed by atoms with E-state index in [0.29, 0.717) is 25.1 Å².